The number of nitrogens with zero attached hydrogens (tertiary/aromatic N) is 1. The Morgan fingerprint density at radius 2 is 2.22 bits per heavy atom. The molecule has 0 unspecified atom stereocenters. The van der Waals surface area contributed by atoms with Gasteiger partial charge >= 0.3 is 0 Å². The van der Waals surface area contributed by atoms with Crippen LogP contribution in [0.1, 0.15) is 33.8 Å². The third-order valence-corrected chi connectivity index (χ3v) is 6.84. The molecule has 5 aliphatic heterocycles. The van der Waals surface area contributed by atoms with Crippen LogP contribution in [0.2, 0.25) is 0 Å². The molecule has 3 saturated heterocycles. The first-order valence-electron chi connectivity index (χ1n) is 8.40. The van der Waals surface area contributed by atoms with Crippen LogP contribution in [-0.4, -0.2) is 43.0 Å². The molecule has 0 aromatic carbocycles. The fourth-order valence-electron chi connectivity index (χ4n) is 4.60. The molecule has 5 aliphatic rings. The van der Waals surface area contributed by atoms with Gasteiger partial charge in [-0.05, 0) is 49.7 Å². The number of thiophene rings is 1. The summed E-state index contributed by atoms with van der Waals surface area (Å²) in [7, 11) is 0. The highest BCUT2D eigenvalue weighted by molar-refractivity contribution is 7.14. The largest absolute Gasteiger partial charge is 0.470 e. The highest BCUT2D eigenvalue weighted by Crippen LogP contribution is 2.48. The van der Waals surface area contributed by atoms with Crippen molar-refractivity contribution in [2.75, 3.05) is 26.2 Å². The van der Waals surface area contributed by atoms with Gasteiger partial charge in [-0.2, -0.15) is 0 Å². The van der Waals surface area contributed by atoms with Gasteiger partial charge in [0, 0.05) is 35.9 Å². The average molecular weight is 328 g/mol. The van der Waals surface area contributed by atoms with Crippen LogP contribution in [0.3, 0.4) is 0 Å². The Hall–Kier alpha value is -1.59. The minimum atomic E-state index is 0.00350. The van der Waals surface area contributed by atoms with Crippen molar-refractivity contribution < 1.29 is 9.53 Å². The maximum Gasteiger partial charge on any atom is 0.191 e. The summed E-state index contributed by atoms with van der Waals surface area (Å²) < 4.78 is 6.47. The normalized spacial score (nSPS) is 34.9. The van der Waals surface area contributed by atoms with Crippen molar-refractivity contribution >= 4 is 23.2 Å². The highest BCUT2D eigenvalue weighted by atomic mass is 32.1. The van der Waals surface area contributed by atoms with Gasteiger partial charge in [-0.3, -0.25) is 9.69 Å². The number of aldehydes is 1. The number of ether oxygens (including phenoxy) is 1. The number of rotatable bonds is 2. The Bertz CT molecular complexity index is 727. The molecule has 1 spiro atoms. The molecule has 2 bridgehead atoms. The Labute approximate surface area is 139 Å². The van der Waals surface area contributed by atoms with Crippen molar-refractivity contribution in [1.29, 1.82) is 0 Å². The Kier molecular flexibility index (Phi) is 2.97. The van der Waals surface area contributed by atoms with Crippen LogP contribution in [0.15, 0.2) is 29.7 Å². The monoisotopic (exact) mass is 328 g/mol. The third kappa shape index (κ3) is 2.10. The number of carbonyl (C=O) groups is 1. The van der Waals surface area contributed by atoms with E-state index in [-0.39, 0.29) is 5.60 Å². The summed E-state index contributed by atoms with van der Waals surface area (Å²) in [4.78, 5) is 15.4. The molecule has 0 radical (unpaired) electrons. The molecule has 3 fully saturated rings. The molecule has 0 saturated carbocycles. The lowest BCUT2D eigenvalue weighted by atomic mass is 9.73. The number of carbonyl (C=O) groups excluding carboxylic acids is 1. The van der Waals surface area contributed by atoms with Crippen LogP contribution in [0.25, 0.3) is 5.57 Å². The fraction of sp³-hybridized carbons (Fsp3) is 0.500. The number of piperidine rings is 3. The van der Waals surface area contributed by atoms with E-state index in [0.29, 0.717) is 5.92 Å². The number of hydrogen-bond acceptors (Lipinski definition) is 5. The summed E-state index contributed by atoms with van der Waals surface area (Å²) in [6.07, 6.45) is 6.77. The van der Waals surface area contributed by atoms with Crippen molar-refractivity contribution in [3.05, 3.63) is 39.4 Å². The van der Waals surface area contributed by atoms with Crippen LogP contribution in [0.5, 0.6) is 0 Å². The highest BCUT2D eigenvalue weighted by Gasteiger charge is 2.52. The molecule has 6 heterocycles. The second-order valence-corrected chi connectivity index (χ2v) is 8.21. The smallest absolute Gasteiger partial charge is 0.191 e. The molecule has 0 amide bonds. The fourth-order valence-corrected chi connectivity index (χ4v) is 5.43. The van der Waals surface area contributed by atoms with Crippen LogP contribution in [0, 0.1) is 5.92 Å². The van der Waals surface area contributed by atoms with Crippen molar-refractivity contribution in [3.63, 3.8) is 0 Å². The number of nitrogens with one attached hydrogen (secondary N) is 1. The summed E-state index contributed by atoms with van der Waals surface area (Å²) in [5.74, 6) is 1.69. The number of allylic oxidation sites excluding steroid dienone is 1. The molecular weight excluding hydrogens is 308 g/mol. The molecule has 6 rings (SSSR count). The topological polar surface area (TPSA) is 41.6 Å². The predicted octanol–water partition coefficient (Wildman–Crippen LogP) is 2.64. The molecule has 5 heteroatoms. The summed E-state index contributed by atoms with van der Waals surface area (Å²) in [5.41, 5.74) is 2.58. The SMILES string of the molecule is O=Cc1ccc(C2=CC3=C(NC2)O[C@@]2(C3)CN3CCC2CC3)s1. The maximum absolute atomic E-state index is 10.9. The lowest BCUT2D eigenvalue weighted by Crippen LogP contribution is -2.59. The molecule has 1 aromatic heterocycles. The van der Waals surface area contributed by atoms with E-state index in [1.54, 1.807) is 11.3 Å². The average Bonchev–Trinajstić information content (AvgIpc) is 3.19. The zero-order valence-corrected chi connectivity index (χ0v) is 13.8. The zero-order chi connectivity index (χ0) is 15.4. The van der Waals surface area contributed by atoms with Gasteiger partial charge in [-0.1, -0.05) is 0 Å². The Morgan fingerprint density at radius 3 is 2.91 bits per heavy atom. The Balaban J connectivity index is 1.42. The first-order chi connectivity index (χ1) is 11.3. The number of fused-ring (bicyclic) bond motifs is 2. The summed E-state index contributed by atoms with van der Waals surface area (Å²) in [5, 5.41) is 3.48. The molecular formula is C18H20N2O2S. The van der Waals surface area contributed by atoms with E-state index < -0.39 is 0 Å². The van der Waals surface area contributed by atoms with Gasteiger partial charge in [0.1, 0.15) is 5.60 Å². The molecule has 120 valence electrons. The molecule has 0 aliphatic carbocycles. The standard InChI is InChI=1S/C18H20N2O2S/c21-10-15-1-2-16(23-15)13-7-12-8-18(22-17(12)19-9-13)11-20-5-3-14(18)4-6-20/h1-2,7,10,14,19H,3-6,8-9,11H2/t18-/m0/s1. The van der Waals surface area contributed by atoms with E-state index in [0.717, 1.165) is 36.6 Å². The van der Waals surface area contributed by atoms with Crippen LogP contribution in [0.4, 0.5) is 0 Å². The van der Waals surface area contributed by atoms with Crippen molar-refractivity contribution in [2.45, 2.75) is 24.9 Å². The number of dihydropyridines is 1. The number of hydrogen-bond donors (Lipinski definition) is 1. The quantitative estimate of drug-likeness (QED) is 0.848. The van der Waals surface area contributed by atoms with Gasteiger partial charge < -0.3 is 10.1 Å². The first-order valence-corrected chi connectivity index (χ1v) is 9.22. The van der Waals surface area contributed by atoms with Gasteiger partial charge in [0.2, 0.25) is 0 Å². The third-order valence-electron chi connectivity index (χ3n) is 5.76. The van der Waals surface area contributed by atoms with Crippen LogP contribution >= 0.6 is 11.3 Å². The lowest BCUT2D eigenvalue weighted by Gasteiger charge is -2.50. The minimum absolute atomic E-state index is 0.00350. The summed E-state index contributed by atoms with van der Waals surface area (Å²) in [6.45, 7) is 4.32. The molecule has 1 atom stereocenters. The summed E-state index contributed by atoms with van der Waals surface area (Å²) >= 11 is 1.56. The van der Waals surface area contributed by atoms with E-state index in [4.69, 9.17) is 4.74 Å². The zero-order valence-electron chi connectivity index (χ0n) is 13.0. The van der Waals surface area contributed by atoms with Crippen molar-refractivity contribution in [3.8, 4) is 0 Å². The summed E-state index contributed by atoms with van der Waals surface area (Å²) in [6, 6.07) is 3.95. The van der Waals surface area contributed by atoms with Gasteiger partial charge in [0.05, 0.1) is 4.88 Å². The van der Waals surface area contributed by atoms with Crippen molar-refractivity contribution in [1.82, 2.24) is 10.2 Å². The second-order valence-electron chi connectivity index (χ2n) is 7.09. The minimum Gasteiger partial charge on any atom is -0.470 e. The molecule has 23 heavy (non-hydrogen) atoms. The van der Waals surface area contributed by atoms with Gasteiger partial charge in [0.25, 0.3) is 0 Å². The van der Waals surface area contributed by atoms with E-state index >= 15 is 0 Å². The predicted molar refractivity (Wildman–Crippen MR) is 90.3 cm³/mol. The first kappa shape index (κ1) is 13.8. The lowest BCUT2D eigenvalue weighted by molar-refractivity contribution is -0.116. The van der Waals surface area contributed by atoms with E-state index in [1.807, 2.05) is 12.1 Å². The van der Waals surface area contributed by atoms with E-state index in [9.17, 15) is 4.79 Å². The van der Waals surface area contributed by atoms with Gasteiger partial charge in [0.15, 0.2) is 12.2 Å². The van der Waals surface area contributed by atoms with Gasteiger partial charge in [-0.25, -0.2) is 0 Å². The Morgan fingerprint density at radius 1 is 1.35 bits per heavy atom. The van der Waals surface area contributed by atoms with Gasteiger partial charge in [-0.15, -0.1) is 11.3 Å². The molecule has 1 aromatic rings. The van der Waals surface area contributed by atoms with E-state index in [1.165, 1.54) is 42.0 Å². The molecule has 1 N–H and O–H groups in total. The molecule has 4 nitrogen and oxygen atoms in total. The van der Waals surface area contributed by atoms with Crippen LogP contribution < -0.4 is 5.32 Å². The van der Waals surface area contributed by atoms with Crippen LogP contribution in [-0.2, 0) is 4.74 Å². The maximum atomic E-state index is 10.9. The second kappa shape index (κ2) is 4.95. The van der Waals surface area contributed by atoms with E-state index in [2.05, 4.69) is 16.3 Å². The van der Waals surface area contributed by atoms with Crippen molar-refractivity contribution in [2.24, 2.45) is 5.92 Å².